The molecule has 0 atom stereocenters. The highest BCUT2D eigenvalue weighted by molar-refractivity contribution is 7.11. The molecule has 0 unspecified atom stereocenters. The Bertz CT molecular complexity index is 704. The van der Waals surface area contributed by atoms with Crippen LogP contribution in [-0.4, -0.2) is 38.2 Å². The van der Waals surface area contributed by atoms with Crippen LogP contribution in [-0.2, 0) is 13.5 Å². The maximum absolute atomic E-state index is 12.5. The Morgan fingerprint density at radius 2 is 2.14 bits per heavy atom. The molecule has 0 aliphatic carbocycles. The Balaban J connectivity index is 2.40. The van der Waals surface area contributed by atoms with Crippen molar-refractivity contribution < 1.29 is 14.7 Å². The van der Waals surface area contributed by atoms with Crippen molar-refractivity contribution in [2.75, 3.05) is 11.9 Å². The lowest BCUT2D eigenvalue weighted by atomic mass is 10.2. The number of amides is 1. The van der Waals surface area contributed by atoms with Gasteiger partial charge in [-0.2, -0.15) is 9.47 Å². The van der Waals surface area contributed by atoms with Crippen LogP contribution in [0.15, 0.2) is 6.07 Å². The molecular weight excluding hydrogens is 292 g/mol. The van der Waals surface area contributed by atoms with E-state index in [1.54, 1.807) is 27.1 Å². The first kappa shape index (κ1) is 15.2. The molecule has 7 nitrogen and oxygen atoms in total. The van der Waals surface area contributed by atoms with Crippen molar-refractivity contribution in [2.45, 2.75) is 20.3 Å². The van der Waals surface area contributed by atoms with E-state index < -0.39 is 5.97 Å². The van der Waals surface area contributed by atoms with Gasteiger partial charge in [-0.25, -0.2) is 4.79 Å². The average molecular weight is 308 g/mol. The molecular formula is C13H16N4O3S. The molecule has 0 radical (unpaired) electrons. The van der Waals surface area contributed by atoms with Gasteiger partial charge in [-0.05, 0) is 30.9 Å². The summed E-state index contributed by atoms with van der Waals surface area (Å²) in [5.74, 6) is -1.40. The lowest BCUT2D eigenvalue weighted by Crippen LogP contribution is -2.28. The molecule has 0 saturated carbocycles. The second-order valence-electron chi connectivity index (χ2n) is 4.62. The summed E-state index contributed by atoms with van der Waals surface area (Å²) in [6.45, 7) is 3.57. The maximum Gasteiger partial charge on any atom is 0.340 e. The highest BCUT2D eigenvalue weighted by atomic mass is 32.1. The van der Waals surface area contributed by atoms with Gasteiger partial charge in [0, 0.05) is 14.1 Å². The second-order valence-corrected chi connectivity index (χ2v) is 5.37. The van der Waals surface area contributed by atoms with Crippen LogP contribution in [0.25, 0.3) is 0 Å². The van der Waals surface area contributed by atoms with Gasteiger partial charge in [0.25, 0.3) is 5.91 Å². The smallest absolute Gasteiger partial charge is 0.340 e. The Kier molecular flexibility index (Phi) is 4.08. The SMILES string of the molecule is CCc1cc(C(=O)N(C)c2snc(C)c2C(=O)O)n(C)n1. The topological polar surface area (TPSA) is 88.3 Å². The number of carbonyl (C=O) groups is 2. The molecule has 1 N–H and O–H groups in total. The fourth-order valence-corrected chi connectivity index (χ4v) is 2.84. The predicted octanol–water partition coefficient (Wildman–Crippen LogP) is 1.72. The zero-order valence-electron chi connectivity index (χ0n) is 12.2. The van der Waals surface area contributed by atoms with E-state index in [0.29, 0.717) is 16.4 Å². The minimum atomic E-state index is -1.09. The van der Waals surface area contributed by atoms with Gasteiger partial charge in [0.15, 0.2) is 0 Å². The number of carboxylic acid groups (broad SMARTS) is 1. The van der Waals surface area contributed by atoms with Crippen LogP contribution in [0.5, 0.6) is 0 Å². The fourth-order valence-electron chi connectivity index (χ4n) is 2.00. The Hall–Kier alpha value is -2.22. The molecule has 0 spiro atoms. The molecule has 2 aromatic heterocycles. The van der Waals surface area contributed by atoms with Crippen LogP contribution in [0.4, 0.5) is 5.00 Å². The number of rotatable bonds is 4. The minimum absolute atomic E-state index is 0.0636. The molecule has 21 heavy (non-hydrogen) atoms. The van der Waals surface area contributed by atoms with Gasteiger partial charge in [-0.1, -0.05) is 6.92 Å². The van der Waals surface area contributed by atoms with E-state index in [2.05, 4.69) is 9.47 Å². The lowest BCUT2D eigenvalue weighted by molar-refractivity contribution is 0.0697. The molecule has 2 heterocycles. The van der Waals surface area contributed by atoms with Crippen molar-refractivity contribution in [3.05, 3.63) is 28.7 Å². The molecule has 112 valence electrons. The molecule has 0 aliphatic heterocycles. The first-order valence-corrected chi connectivity index (χ1v) is 7.14. The van der Waals surface area contributed by atoms with E-state index in [1.165, 1.54) is 9.58 Å². The van der Waals surface area contributed by atoms with Gasteiger partial charge in [0.2, 0.25) is 0 Å². The molecule has 0 saturated heterocycles. The predicted molar refractivity (Wildman–Crippen MR) is 79.1 cm³/mol. The van der Waals surface area contributed by atoms with Crippen molar-refractivity contribution in [1.29, 1.82) is 0 Å². The maximum atomic E-state index is 12.5. The summed E-state index contributed by atoms with van der Waals surface area (Å²) in [5.41, 5.74) is 1.69. The number of aromatic nitrogens is 3. The third-order valence-corrected chi connectivity index (χ3v) is 4.20. The first-order chi connectivity index (χ1) is 9.86. The number of nitrogens with zero attached hydrogens (tertiary/aromatic N) is 4. The number of carbonyl (C=O) groups excluding carboxylic acids is 1. The van der Waals surface area contributed by atoms with Crippen LogP contribution in [0.2, 0.25) is 0 Å². The summed E-state index contributed by atoms with van der Waals surface area (Å²) >= 11 is 0.999. The van der Waals surface area contributed by atoms with E-state index in [1.807, 2.05) is 6.92 Å². The normalized spacial score (nSPS) is 10.7. The van der Waals surface area contributed by atoms with E-state index in [0.717, 1.165) is 23.6 Å². The standard InChI is InChI=1S/C13H16N4O3S/c1-5-8-6-9(17(4)14-8)11(18)16(3)12-10(13(19)20)7(2)15-21-12/h6H,5H2,1-4H3,(H,19,20). The third kappa shape index (κ3) is 2.66. The van der Waals surface area contributed by atoms with Gasteiger partial charge < -0.3 is 5.11 Å². The number of aromatic carboxylic acids is 1. The minimum Gasteiger partial charge on any atom is -0.478 e. The van der Waals surface area contributed by atoms with Gasteiger partial charge >= 0.3 is 5.97 Å². The van der Waals surface area contributed by atoms with E-state index >= 15 is 0 Å². The summed E-state index contributed by atoms with van der Waals surface area (Å²) in [6, 6.07) is 1.72. The summed E-state index contributed by atoms with van der Waals surface area (Å²) in [4.78, 5) is 25.1. The molecule has 8 heteroatoms. The van der Waals surface area contributed by atoms with Gasteiger partial charge in [-0.15, -0.1) is 0 Å². The fraction of sp³-hybridized carbons (Fsp3) is 0.385. The van der Waals surface area contributed by atoms with Crippen LogP contribution in [0.1, 0.15) is 39.2 Å². The molecule has 0 fully saturated rings. The van der Waals surface area contributed by atoms with E-state index in [9.17, 15) is 14.7 Å². The van der Waals surface area contributed by atoms with Crippen LogP contribution in [0, 0.1) is 6.92 Å². The van der Waals surface area contributed by atoms with Crippen molar-refractivity contribution in [3.8, 4) is 0 Å². The molecule has 0 bridgehead atoms. The highest BCUT2D eigenvalue weighted by Crippen LogP contribution is 2.28. The van der Waals surface area contributed by atoms with E-state index in [4.69, 9.17) is 0 Å². The van der Waals surface area contributed by atoms with Gasteiger partial charge in [0.05, 0.1) is 11.4 Å². The first-order valence-electron chi connectivity index (χ1n) is 6.37. The summed E-state index contributed by atoms with van der Waals surface area (Å²) in [7, 11) is 3.23. The Labute approximate surface area is 126 Å². The number of carboxylic acids is 1. The number of aryl methyl sites for hydroxylation is 3. The summed E-state index contributed by atoms with van der Waals surface area (Å²) < 4.78 is 5.53. The Morgan fingerprint density at radius 1 is 1.48 bits per heavy atom. The monoisotopic (exact) mass is 308 g/mol. The van der Waals surface area contributed by atoms with Crippen LogP contribution >= 0.6 is 11.5 Å². The quantitative estimate of drug-likeness (QED) is 0.929. The molecule has 0 aromatic carbocycles. The lowest BCUT2D eigenvalue weighted by Gasteiger charge is -2.15. The van der Waals surface area contributed by atoms with Crippen LogP contribution in [0.3, 0.4) is 0 Å². The molecule has 2 aromatic rings. The zero-order chi connectivity index (χ0) is 15.7. The van der Waals surface area contributed by atoms with Gasteiger partial charge in [-0.3, -0.25) is 14.4 Å². The number of anilines is 1. The van der Waals surface area contributed by atoms with Crippen molar-refractivity contribution >= 4 is 28.4 Å². The highest BCUT2D eigenvalue weighted by Gasteiger charge is 2.26. The Morgan fingerprint density at radius 3 is 2.67 bits per heavy atom. The van der Waals surface area contributed by atoms with E-state index in [-0.39, 0.29) is 11.5 Å². The summed E-state index contributed by atoms with van der Waals surface area (Å²) in [5, 5.41) is 13.8. The number of hydrogen-bond donors (Lipinski definition) is 1. The molecule has 0 aliphatic rings. The van der Waals surface area contributed by atoms with Crippen LogP contribution < -0.4 is 4.90 Å². The van der Waals surface area contributed by atoms with Crippen molar-refractivity contribution in [3.63, 3.8) is 0 Å². The average Bonchev–Trinajstić information content (AvgIpc) is 3.00. The summed E-state index contributed by atoms with van der Waals surface area (Å²) in [6.07, 6.45) is 0.727. The number of hydrogen-bond acceptors (Lipinski definition) is 5. The van der Waals surface area contributed by atoms with Gasteiger partial charge in [0.1, 0.15) is 16.3 Å². The molecule has 1 amide bonds. The molecule has 2 rings (SSSR count). The van der Waals surface area contributed by atoms with Crippen molar-refractivity contribution in [1.82, 2.24) is 14.2 Å². The third-order valence-electron chi connectivity index (χ3n) is 3.18. The second kappa shape index (κ2) is 5.65. The van der Waals surface area contributed by atoms with Crippen molar-refractivity contribution in [2.24, 2.45) is 7.05 Å². The largest absolute Gasteiger partial charge is 0.478 e. The zero-order valence-corrected chi connectivity index (χ0v) is 13.1.